The highest BCUT2D eigenvalue weighted by Crippen LogP contribution is 2.38. The summed E-state index contributed by atoms with van der Waals surface area (Å²) in [5.74, 6) is -2.08. The Balaban J connectivity index is 2.00. The van der Waals surface area contributed by atoms with Gasteiger partial charge in [-0.05, 0) is 44.2 Å². The largest absolute Gasteiger partial charge is 0.418 e. The molecule has 30 heavy (non-hydrogen) atoms. The number of hydrogen-bond acceptors (Lipinski definition) is 4. The lowest BCUT2D eigenvalue weighted by Crippen LogP contribution is -2.33. The van der Waals surface area contributed by atoms with Crippen molar-refractivity contribution in [2.45, 2.75) is 20.0 Å². The molecule has 1 aliphatic heterocycles. The van der Waals surface area contributed by atoms with Crippen LogP contribution in [0.3, 0.4) is 0 Å². The third-order valence-corrected chi connectivity index (χ3v) is 6.84. The van der Waals surface area contributed by atoms with Crippen LogP contribution in [-0.2, 0) is 21.0 Å². The zero-order valence-electron chi connectivity index (χ0n) is 15.7. The molecule has 2 aromatic carbocycles. The maximum absolute atomic E-state index is 13.2. The molecule has 0 spiro atoms. The molecule has 0 atom stereocenters. The summed E-state index contributed by atoms with van der Waals surface area (Å²) < 4.78 is 65.0. The van der Waals surface area contributed by atoms with Gasteiger partial charge in [-0.25, -0.2) is 12.7 Å². The van der Waals surface area contributed by atoms with Crippen molar-refractivity contribution in [2.24, 2.45) is 5.41 Å². The quantitative estimate of drug-likeness (QED) is 0.739. The van der Waals surface area contributed by atoms with Crippen molar-refractivity contribution >= 4 is 44.8 Å². The van der Waals surface area contributed by atoms with E-state index in [1.165, 1.54) is 38.1 Å². The van der Waals surface area contributed by atoms with Crippen molar-refractivity contribution in [3.05, 3.63) is 58.6 Å². The fourth-order valence-electron chi connectivity index (χ4n) is 3.10. The standard InChI is InChI=1S/C19H16ClF3N2O4S/c1-18(2)10-30(28,29)25(17(18)27)11-7-8-14(20)12(9-11)16(26)24-15-6-4-3-5-13(15)19(21,22)23/h3-9H,10H2,1-2H3,(H,24,26). The average molecular weight is 461 g/mol. The maximum atomic E-state index is 13.2. The zero-order valence-corrected chi connectivity index (χ0v) is 17.3. The van der Waals surface area contributed by atoms with Gasteiger partial charge in [0.1, 0.15) is 0 Å². The summed E-state index contributed by atoms with van der Waals surface area (Å²) in [4.78, 5) is 25.2. The van der Waals surface area contributed by atoms with E-state index in [-0.39, 0.29) is 16.3 Å². The molecule has 2 amide bonds. The minimum atomic E-state index is -4.70. The summed E-state index contributed by atoms with van der Waals surface area (Å²) in [5, 5.41) is 2.02. The van der Waals surface area contributed by atoms with Crippen molar-refractivity contribution in [3.8, 4) is 0 Å². The Morgan fingerprint density at radius 3 is 2.37 bits per heavy atom. The fraction of sp³-hybridized carbons (Fsp3) is 0.263. The predicted octanol–water partition coefficient (Wildman–Crippen LogP) is 4.31. The molecule has 1 N–H and O–H groups in total. The smallest absolute Gasteiger partial charge is 0.321 e. The van der Waals surface area contributed by atoms with Crippen molar-refractivity contribution < 1.29 is 31.2 Å². The molecule has 0 aromatic heterocycles. The van der Waals surface area contributed by atoms with Crippen LogP contribution in [0.1, 0.15) is 29.8 Å². The van der Waals surface area contributed by atoms with Gasteiger partial charge in [-0.15, -0.1) is 0 Å². The van der Waals surface area contributed by atoms with E-state index in [1.807, 2.05) is 0 Å². The van der Waals surface area contributed by atoms with Crippen LogP contribution >= 0.6 is 11.6 Å². The predicted molar refractivity (Wildman–Crippen MR) is 106 cm³/mol. The number of amides is 2. The minimum absolute atomic E-state index is 0.121. The lowest BCUT2D eigenvalue weighted by Gasteiger charge is -2.19. The number of carbonyl (C=O) groups excluding carboxylic acids is 2. The molecule has 3 rings (SSSR count). The lowest BCUT2D eigenvalue weighted by atomic mass is 9.95. The molecule has 2 aromatic rings. The van der Waals surface area contributed by atoms with E-state index < -0.39 is 50.4 Å². The van der Waals surface area contributed by atoms with Crippen LogP contribution in [0.5, 0.6) is 0 Å². The van der Waals surface area contributed by atoms with Crippen LogP contribution in [0.4, 0.5) is 24.5 Å². The topological polar surface area (TPSA) is 83.6 Å². The normalized spacial score (nSPS) is 17.8. The number of sulfonamides is 1. The number of alkyl halides is 3. The van der Waals surface area contributed by atoms with Gasteiger partial charge in [0.25, 0.3) is 5.91 Å². The lowest BCUT2D eigenvalue weighted by molar-refractivity contribution is -0.137. The van der Waals surface area contributed by atoms with Gasteiger partial charge in [-0.3, -0.25) is 9.59 Å². The Bertz CT molecular complexity index is 1150. The highest BCUT2D eigenvalue weighted by Gasteiger charge is 2.50. The number of halogens is 4. The maximum Gasteiger partial charge on any atom is 0.418 e. The molecule has 1 saturated heterocycles. The molecule has 1 fully saturated rings. The Morgan fingerprint density at radius 2 is 1.80 bits per heavy atom. The Hall–Kier alpha value is -2.59. The van der Waals surface area contributed by atoms with Gasteiger partial charge in [0.05, 0.1) is 38.7 Å². The van der Waals surface area contributed by atoms with E-state index in [2.05, 4.69) is 5.32 Å². The number of nitrogens with zero attached hydrogens (tertiary/aromatic N) is 1. The molecule has 0 radical (unpaired) electrons. The number of rotatable bonds is 3. The third kappa shape index (κ3) is 4.01. The van der Waals surface area contributed by atoms with Gasteiger partial charge in [-0.2, -0.15) is 13.2 Å². The SMILES string of the molecule is CC1(C)CS(=O)(=O)N(c2ccc(Cl)c(C(=O)Nc3ccccc3C(F)(F)F)c2)C1=O. The summed E-state index contributed by atoms with van der Waals surface area (Å²) in [6.45, 7) is 2.95. The molecule has 0 bridgehead atoms. The molecule has 11 heteroatoms. The first-order valence-electron chi connectivity index (χ1n) is 8.58. The Morgan fingerprint density at radius 1 is 1.17 bits per heavy atom. The van der Waals surface area contributed by atoms with Crippen LogP contribution in [0.15, 0.2) is 42.5 Å². The number of carbonyl (C=O) groups is 2. The van der Waals surface area contributed by atoms with Crippen molar-refractivity contribution in [2.75, 3.05) is 15.4 Å². The van der Waals surface area contributed by atoms with E-state index in [0.717, 1.165) is 18.2 Å². The Kier molecular flexibility index (Phi) is 5.36. The molecular formula is C19H16ClF3N2O4S. The number of para-hydroxylation sites is 1. The number of anilines is 2. The van der Waals surface area contributed by atoms with Crippen LogP contribution in [0, 0.1) is 5.41 Å². The Labute approximate surface area is 175 Å². The van der Waals surface area contributed by atoms with Crippen LogP contribution in [0.2, 0.25) is 5.02 Å². The molecule has 1 heterocycles. The molecular weight excluding hydrogens is 445 g/mol. The van der Waals surface area contributed by atoms with E-state index >= 15 is 0 Å². The van der Waals surface area contributed by atoms with Crippen molar-refractivity contribution in [1.29, 1.82) is 0 Å². The second-order valence-electron chi connectivity index (χ2n) is 7.37. The molecule has 0 unspecified atom stereocenters. The number of hydrogen-bond donors (Lipinski definition) is 1. The van der Waals surface area contributed by atoms with Crippen LogP contribution in [0.25, 0.3) is 0 Å². The first kappa shape index (κ1) is 22.1. The van der Waals surface area contributed by atoms with E-state index in [4.69, 9.17) is 11.6 Å². The van der Waals surface area contributed by atoms with Crippen LogP contribution < -0.4 is 9.62 Å². The molecule has 0 saturated carbocycles. The molecule has 6 nitrogen and oxygen atoms in total. The molecule has 1 aliphatic rings. The summed E-state index contributed by atoms with van der Waals surface area (Å²) in [5.41, 5.74) is -3.10. The highest BCUT2D eigenvalue weighted by atomic mass is 35.5. The van der Waals surface area contributed by atoms with Gasteiger partial charge in [0.2, 0.25) is 15.9 Å². The third-order valence-electron chi connectivity index (χ3n) is 4.49. The number of benzene rings is 2. The second-order valence-corrected chi connectivity index (χ2v) is 9.60. The second kappa shape index (κ2) is 7.28. The monoisotopic (exact) mass is 460 g/mol. The molecule has 0 aliphatic carbocycles. The zero-order chi connectivity index (χ0) is 22.5. The highest BCUT2D eigenvalue weighted by molar-refractivity contribution is 7.94. The average Bonchev–Trinajstić information content (AvgIpc) is 2.78. The number of nitrogens with one attached hydrogen (secondary N) is 1. The van der Waals surface area contributed by atoms with Gasteiger partial charge >= 0.3 is 6.18 Å². The fourth-order valence-corrected chi connectivity index (χ4v) is 5.41. The first-order chi connectivity index (χ1) is 13.7. The summed E-state index contributed by atoms with van der Waals surface area (Å²) >= 11 is 6.02. The van der Waals surface area contributed by atoms with E-state index in [9.17, 15) is 31.2 Å². The molecule has 160 valence electrons. The first-order valence-corrected chi connectivity index (χ1v) is 10.6. The summed E-state index contributed by atoms with van der Waals surface area (Å²) in [6.07, 6.45) is -4.70. The van der Waals surface area contributed by atoms with Gasteiger partial charge in [0.15, 0.2) is 0 Å². The summed E-state index contributed by atoms with van der Waals surface area (Å²) in [6, 6.07) is 7.90. The van der Waals surface area contributed by atoms with E-state index in [1.54, 1.807) is 0 Å². The van der Waals surface area contributed by atoms with Gasteiger partial charge in [-0.1, -0.05) is 23.7 Å². The minimum Gasteiger partial charge on any atom is -0.321 e. The van der Waals surface area contributed by atoms with Gasteiger partial charge < -0.3 is 5.32 Å². The van der Waals surface area contributed by atoms with Crippen molar-refractivity contribution in [1.82, 2.24) is 0 Å². The van der Waals surface area contributed by atoms with Crippen LogP contribution in [-0.4, -0.2) is 26.0 Å². The summed E-state index contributed by atoms with van der Waals surface area (Å²) in [7, 11) is -3.98. The van der Waals surface area contributed by atoms with E-state index in [0.29, 0.717) is 4.31 Å². The van der Waals surface area contributed by atoms with Gasteiger partial charge in [0, 0.05) is 0 Å². The van der Waals surface area contributed by atoms with Crippen molar-refractivity contribution in [3.63, 3.8) is 0 Å².